The molecule has 0 radical (unpaired) electrons. The Balaban J connectivity index is 2.76. The summed E-state index contributed by atoms with van der Waals surface area (Å²) >= 11 is 0. The molecule has 1 aliphatic rings. The third kappa shape index (κ3) is 2.96. The molecule has 1 amide bonds. The predicted molar refractivity (Wildman–Crippen MR) is 61.0 cm³/mol. The molecule has 0 spiro atoms. The van der Waals surface area contributed by atoms with Crippen molar-refractivity contribution in [2.24, 2.45) is 5.92 Å². The Labute approximate surface area is 101 Å². The van der Waals surface area contributed by atoms with Crippen LogP contribution in [0.3, 0.4) is 0 Å². The van der Waals surface area contributed by atoms with Crippen LogP contribution in [0, 0.1) is 5.92 Å². The standard InChI is InChI=1S/C10H17NO5S/c1-7(10(13)16-3)6-17(14,15)8-4-5-11(2)9(8)12/h7-8H,4-6H2,1-3H3. The number of nitrogens with zero attached hydrogens (tertiary/aromatic N) is 1. The van der Waals surface area contributed by atoms with E-state index < -0.39 is 27.0 Å². The van der Waals surface area contributed by atoms with Gasteiger partial charge in [-0.05, 0) is 6.42 Å². The van der Waals surface area contributed by atoms with Gasteiger partial charge >= 0.3 is 5.97 Å². The summed E-state index contributed by atoms with van der Waals surface area (Å²) < 4.78 is 28.4. The topological polar surface area (TPSA) is 80.8 Å². The second kappa shape index (κ2) is 5.03. The summed E-state index contributed by atoms with van der Waals surface area (Å²) in [7, 11) is -0.809. The fourth-order valence-corrected chi connectivity index (χ4v) is 3.87. The largest absolute Gasteiger partial charge is 0.469 e. The number of likely N-dealkylation sites (tertiary alicyclic amines) is 1. The Hall–Kier alpha value is -1.11. The van der Waals surface area contributed by atoms with Gasteiger partial charge in [0, 0.05) is 13.6 Å². The number of rotatable bonds is 4. The van der Waals surface area contributed by atoms with Crippen molar-refractivity contribution in [2.75, 3.05) is 26.5 Å². The van der Waals surface area contributed by atoms with Gasteiger partial charge in [0.1, 0.15) is 5.25 Å². The van der Waals surface area contributed by atoms with Crippen molar-refractivity contribution in [2.45, 2.75) is 18.6 Å². The Morgan fingerprint density at radius 2 is 2.18 bits per heavy atom. The first-order chi connectivity index (χ1) is 7.79. The molecule has 1 saturated heterocycles. The van der Waals surface area contributed by atoms with E-state index >= 15 is 0 Å². The highest BCUT2D eigenvalue weighted by molar-refractivity contribution is 7.92. The van der Waals surface area contributed by atoms with Crippen LogP contribution in [0.25, 0.3) is 0 Å². The Morgan fingerprint density at radius 3 is 2.59 bits per heavy atom. The monoisotopic (exact) mass is 263 g/mol. The summed E-state index contributed by atoms with van der Waals surface area (Å²) in [6.07, 6.45) is 0.297. The van der Waals surface area contributed by atoms with E-state index in [-0.39, 0.29) is 11.7 Å². The Morgan fingerprint density at radius 1 is 1.59 bits per heavy atom. The van der Waals surface area contributed by atoms with Crippen LogP contribution >= 0.6 is 0 Å². The fourth-order valence-electron chi connectivity index (χ4n) is 1.86. The van der Waals surface area contributed by atoms with Crippen molar-refractivity contribution >= 4 is 21.7 Å². The highest BCUT2D eigenvalue weighted by atomic mass is 32.2. The van der Waals surface area contributed by atoms with Gasteiger partial charge < -0.3 is 9.64 Å². The van der Waals surface area contributed by atoms with Crippen LogP contribution in [0.2, 0.25) is 0 Å². The van der Waals surface area contributed by atoms with Gasteiger partial charge in [-0.3, -0.25) is 9.59 Å². The Bertz CT molecular complexity index is 416. The van der Waals surface area contributed by atoms with Crippen molar-refractivity contribution in [1.82, 2.24) is 4.90 Å². The molecule has 98 valence electrons. The number of carbonyl (C=O) groups excluding carboxylic acids is 2. The summed E-state index contributed by atoms with van der Waals surface area (Å²) in [5.74, 6) is -2.05. The van der Waals surface area contributed by atoms with Gasteiger partial charge in [0.2, 0.25) is 5.91 Å². The van der Waals surface area contributed by atoms with E-state index in [4.69, 9.17) is 0 Å². The first-order valence-corrected chi connectivity index (χ1v) is 7.05. The van der Waals surface area contributed by atoms with E-state index in [1.165, 1.54) is 18.9 Å². The lowest BCUT2D eigenvalue weighted by Gasteiger charge is -2.14. The first-order valence-electron chi connectivity index (χ1n) is 5.34. The van der Waals surface area contributed by atoms with Crippen LogP contribution in [0.5, 0.6) is 0 Å². The van der Waals surface area contributed by atoms with E-state index in [0.29, 0.717) is 13.0 Å². The number of ether oxygens (including phenoxy) is 1. The maximum Gasteiger partial charge on any atom is 0.309 e. The fraction of sp³-hybridized carbons (Fsp3) is 0.800. The average Bonchev–Trinajstić information content (AvgIpc) is 2.58. The van der Waals surface area contributed by atoms with Crippen LogP contribution < -0.4 is 0 Å². The number of methoxy groups -OCH3 is 1. The zero-order valence-corrected chi connectivity index (χ0v) is 11.0. The van der Waals surface area contributed by atoms with Crippen LogP contribution in [0.1, 0.15) is 13.3 Å². The van der Waals surface area contributed by atoms with Crippen molar-refractivity contribution in [3.05, 3.63) is 0 Å². The second-order valence-electron chi connectivity index (χ2n) is 4.29. The predicted octanol–water partition coefficient (Wildman–Crippen LogP) is -0.559. The first kappa shape index (κ1) is 14.0. The molecule has 7 heteroatoms. The average molecular weight is 263 g/mol. The third-order valence-electron chi connectivity index (χ3n) is 2.90. The van der Waals surface area contributed by atoms with Crippen LogP contribution in [0.4, 0.5) is 0 Å². The quantitative estimate of drug-likeness (QED) is 0.635. The minimum absolute atomic E-state index is 0.297. The normalized spacial score (nSPS) is 22.6. The zero-order chi connectivity index (χ0) is 13.2. The molecule has 2 unspecified atom stereocenters. The molecular weight excluding hydrogens is 246 g/mol. The van der Waals surface area contributed by atoms with E-state index in [9.17, 15) is 18.0 Å². The SMILES string of the molecule is COC(=O)C(C)CS(=O)(=O)C1CCN(C)C1=O. The molecule has 6 nitrogen and oxygen atoms in total. The summed E-state index contributed by atoms with van der Waals surface area (Å²) in [5.41, 5.74) is 0. The van der Waals surface area contributed by atoms with Gasteiger partial charge in [-0.25, -0.2) is 8.42 Å². The molecule has 0 aromatic heterocycles. The van der Waals surface area contributed by atoms with Gasteiger partial charge in [0.25, 0.3) is 0 Å². The zero-order valence-electron chi connectivity index (χ0n) is 10.2. The van der Waals surface area contributed by atoms with Crippen molar-refractivity contribution < 1.29 is 22.7 Å². The van der Waals surface area contributed by atoms with Gasteiger partial charge in [-0.2, -0.15) is 0 Å². The van der Waals surface area contributed by atoms with E-state index in [1.54, 1.807) is 7.05 Å². The van der Waals surface area contributed by atoms with Gasteiger partial charge in [-0.15, -0.1) is 0 Å². The molecule has 0 saturated carbocycles. The van der Waals surface area contributed by atoms with Gasteiger partial charge in [-0.1, -0.05) is 6.92 Å². The molecule has 0 bridgehead atoms. The molecule has 1 aliphatic heterocycles. The molecule has 0 aromatic rings. The maximum absolute atomic E-state index is 12.0. The lowest BCUT2D eigenvalue weighted by molar-refractivity contribution is -0.144. The molecule has 0 aliphatic carbocycles. The summed E-state index contributed by atoms with van der Waals surface area (Å²) in [6.45, 7) is 1.92. The number of hydrogen-bond donors (Lipinski definition) is 0. The van der Waals surface area contributed by atoms with Crippen LogP contribution in [-0.4, -0.2) is 56.9 Å². The molecule has 1 fully saturated rings. The highest BCUT2D eigenvalue weighted by Gasteiger charge is 2.40. The molecule has 1 heterocycles. The lowest BCUT2D eigenvalue weighted by atomic mass is 10.2. The van der Waals surface area contributed by atoms with Gasteiger partial charge in [0.05, 0.1) is 18.8 Å². The highest BCUT2D eigenvalue weighted by Crippen LogP contribution is 2.20. The van der Waals surface area contributed by atoms with Crippen molar-refractivity contribution in [3.63, 3.8) is 0 Å². The summed E-state index contributed by atoms with van der Waals surface area (Å²) in [5, 5.41) is -1.00. The van der Waals surface area contributed by atoms with Crippen LogP contribution in [-0.2, 0) is 24.2 Å². The number of hydrogen-bond acceptors (Lipinski definition) is 5. The van der Waals surface area contributed by atoms with Crippen LogP contribution in [0.15, 0.2) is 0 Å². The van der Waals surface area contributed by atoms with E-state index in [2.05, 4.69) is 4.74 Å². The van der Waals surface area contributed by atoms with E-state index in [0.717, 1.165) is 0 Å². The number of amides is 1. The molecule has 17 heavy (non-hydrogen) atoms. The van der Waals surface area contributed by atoms with Gasteiger partial charge in [0.15, 0.2) is 9.84 Å². The molecule has 1 rings (SSSR count). The number of carbonyl (C=O) groups is 2. The van der Waals surface area contributed by atoms with Crippen molar-refractivity contribution in [3.8, 4) is 0 Å². The molecule has 0 N–H and O–H groups in total. The molecular formula is C10H17NO5S. The minimum atomic E-state index is -3.59. The number of sulfone groups is 1. The smallest absolute Gasteiger partial charge is 0.309 e. The molecule has 0 aromatic carbocycles. The summed E-state index contributed by atoms with van der Waals surface area (Å²) in [6, 6.07) is 0. The minimum Gasteiger partial charge on any atom is -0.469 e. The third-order valence-corrected chi connectivity index (χ3v) is 5.17. The molecule has 2 atom stereocenters. The lowest BCUT2D eigenvalue weighted by Crippen LogP contribution is -2.36. The van der Waals surface area contributed by atoms with Crippen molar-refractivity contribution in [1.29, 1.82) is 0 Å². The Kier molecular flexibility index (Phi) is 4.13. The number of esters is 1. The second-order valence-corrected chi connectivity index (χ2v) is 6.52. The maximum atomic E-state index is 12.0. The summed E-state index contributed by atoms with van der Waals surface area (Å²) in [4.78, 5) is 24.2. The van der Waals surface area contributed by atoms with E-state index in [1.807, 2.05) is 0 Å².